The molecule has 136 valence electrons. The first-order chi connectivity index (χ1) is 10.8. The van der Waals surface area contributed by atoms with Crippen LogP contribution in [0.5, 0.6) is 0 Å². The Bertz CT molecular complexity index is 573. The summed E-state index contributed by atoms with van der Waals surface area (Å²) < 4.78 is 0. The molecule has 0 radical (unpaired) electrons. The van der Waals surface area contributed by atoms with Crippen LogP contribution >= 0.6 is 0 Å². The fourth-order valence-corrected chi connectivity index (χ4v) is 3.94. The van der Waals surface area contributed by atoms with E-state index in [9.17, 15) is 0 Å². The van der Waals surface area contributed by atoms with Gasteiger partial charge in [-0.3, -0.25) is 0 Å². The first-order valence-corrected chi connectivity index (χ1v) is 11.0. The molecule has 0 aromatic heterocycles. The largest absolute Gasteiger partial charge is 0.369 e. The smallest absolute Gasteiger partial charge is 0.101 e. The highest BCUT2D eigenvalue weighted by molar-refractivity contribution is 7.06. The molecule has 0 spiro atoms. The minimum absolute atomic E-state index is 0.0888. The zero-order chi connectivity index (χ0) is 20.2. The molecule has 0 bridgehead atoms. The van der Waals surface area contributed by atoms with Crippen molar-refractivity contribution in [2.45, 2.75) is 83.1 Å². The fraction of sp³-hybridized carbons (Fsp3) is 0.667. The number of rotatable bonds is 0. The van der Waals surface area contributed by atoms with E-state index in [4.69, 9.17) is 0 Å². The zero-order valence-corrected chi connectivity index (χ0v) is 19.5. The lowest BCUT2D eigenvalue weighted by Gasteiger charge is -2.15. The normalized spacial score (nSPS) is 12.3. The topological polar surface area (TPSA) is 0 Å². The Morgan fingerprint density at radius 3 is 0.640 bits per heavy atom. The molecule has 0 aliphatic heterocycles. The van der Waals surface area contributed by atoms with E-state index >= 15 is 0 Å². The maximum atomic E-state index is 3.46. The van der Waals surface area contributed by atoms with Crippen LogP contribution in [0.3, 0.4) is 0 Å². The molecule has 0 aromatic carbocycles. The molecule has 0 nitrogen and oxygen atoms in total. The summed E-state index contributed by atoms with van der Waals surface area (Å²) in [6.45, 7) is 25.4. The zero-order valence-electron chi connectivity index (χ0n) is 18.5. The van der Waals surface area contributed by atoms with Gasteiger partial charge in [0, 0.05) is 21.7 Å². The molecule has 0 unspecified atom stereocenters. The highest BCUT2D eigenvalue weighted by atomic mass is 28.3. The Morgan fingerprint density at radius 1 is 0.360 bits per heavy atom. The molecule has 0 aliphatic carbocycles. The highest BCUT2D eigenvalue weighted by Gasteiger charge is 2.28. The van der Waals surface area contributed by atoms with Gasteiger partial charge in [0.25, 0.3) is 0 Å². The van der Waals surface area contributed by atoms with Gasteiger partial charge in [-0.25, -0.2) is 0 Å². The molecule has 0 aromatic rings. The van der Waals surface area contributed by atoms with E-state index in [0.29, 0.717) is 0 Å². The molecule has 0 fully saturated rings. The summed E-state index contributed by atoms with van der Waals surface area (Å²) in [6.07, 6.45) is 0. The van der Waals surface area contributed by atoms with Crippen LogP contribution in [0.1, 0.15) is 83.1 Å². The van der Waals surface area contributed by atoms with Gasteiger partial charge in [-0.15, -0.1) is 23.7 Å². The molecule has 0 amide bonds. The lowest BCUT2D eigenvalue weighted by atomic mass is 9.99. The quantitative estimate of drug-likeness (QED) is 0.382. The average molecular weight is 353 g/mol. The average Bonchev–Trinajstić information content (AvgIpc) is 2.33. The second-order valence-electron chi connectivity index (χ2n) is 10.8. The van der Waals surface area contributed by atoms with E-state index in [1.807, 2.05) is 0 Å². The highest BCUT2D eigenvalue weighted by Crippen LogP contribution is 2.16. The molecule has 0 N–H and O–H groups in total. The molecule has 0 heterocycles. The number of hydrogen-bond donors (Lipinski definition) is 0. The Kier molecular flexibility index (Phi) is 7.30. The Hall–Kier alpha value is -1.54. The first kappa shape index (κ1) is 23.5. The third-order valence-corrected chi connectivity index (χ3v) is 4.50. The number of hydrogen-bond acceptors (Lipinski definition) is 0. The maximum absolute atomic E-state index is 3.46. The van der Waals surface area contributed by atoms with Crippen molar-refractivity contribution >= 4 is 8.07 Å². The van der Waals surface area contributed by atoms with Crippen molar-refractivity contribution in [2.75, 3.05) is 0 Å². The van der Waals surface area contributed by atoms with Crippen LogP contribution in [-0.4, -0.2) is 8.07 Å². The van der Waals surface area contributed by atoms with Gasteiger partial charge in [-0.1, -0.05) is 22.2 Å². The second kappa shape index (κ2) is 7.78. The van der Waals surface area contributed by atoms with Crippen molar-refractivity contribution in [1.29, 1.82) is 0 Å². The predicted octanol–water partition coefficient (Wildman–Crippen LogP) is 5.79. The van der Waals surface area contributed by atoms with E-state index in [1.54, 1.807) is 0 Å². The molecule has 25 heavy (non-hydrogen) atoms. The standard InChI is InChI=1S/C24H36Si/c1-21(2,3)13-17-25(18-14-22(4,5)6,19-15-23(7,8)9)20-16-24(10,11)12/h1-12H3. The summed E-state index contributed by atoms with van der Waals surface area (Å²) in [5.74, 6) is 13.5. The van der Waals surface area contributed by atoms with E-state index < -0.39 is 8.07 Å². The van der Waals surface area contributed by atoms with Gasteiger partial charge in [0.2, 0.25) is 0 Å². The molecule has 0 saturated carbocycles. The maximum Gasteiger partial charge on any atom is 0.369 e. The van der Waals surface area contributed by atoms with E-state index in [0.717, 1.165) is 0 Å². The van der Waals surface area contributed by atoms with Gasteiger partial charge >= 0.3 is 8.07 Å². The molecule has 1 heteroatoms. The lowest BCUT2D eigenvalue weighted by molar-refractivity contribution is 0.571. The van der Waals surface area contributed by atoms with Gasteiger partial charge < -0.3 is 0 Å². The summed E-state index contributed by atoms with van der Waals surface area (Å²) in [5.41, 5.74) is 13.5. The van der Waals surface area contributed by atoms with Crippen LogP contribution in [0.15, 0.2) is 0 Å². The first-order valence-electron chi connectivity index (χ1n) is 9.00. The third-order valence-electron chi connectivity index (χ3n) is 2.50. The summed E-state index contributed by atoms with van der Waals surface area (Å²) in [5, 5.41) is 0. The molecule has 0 atom stereocenters. The summed E-state index contributed by atoms with van der Waals surface area (Å²) in [6, 6.07) is 0. The Morgan fingerprint density at radius 2 is 0.520 bits per heavy atom. The summed E-state index contributed by atoms with van der Waals surface area (Å²) >= 11 is 0. The summed E-state index contributed by atoms with van der Waals surface area (Å²) in [4.78, 5) is 0. The van der Waals surface area contributed by atoms with Crippen LogP contribution < -0.4 is 0 Å². The third kappa shape index (κ3) is 13.4. The predicted molar refractivity (Wildman–Crippen MR) is 115 cm³/mol. The van der Waals surface area contributed by atoms with E-state index in [1.165, 1.54) is 0 Å². The molecular weight excluding hydrogens is 316 g/mol. The van der Waals surface area contributed by atoms with Crippen LogP contribution in [0, 0.1) is 67.5 Å². The minimum Gasteiger partial charge on any atom is -0.101 e. The molecule has 0 rings (SSSR count). The van der Waals surface area contributed by atoms with E-state index in [2.05, 4.69) is 129 Å². The van der Waals surface area contributed by atoms with Crippen molar-refractivity contribution in [1.82, 2.24) is 0 Å². The van der Waals surface area contributed by atoms with Crippen LogP contribution in [0.4, 0.5) is 0 Å². The molecule has 0 saturated heterocycles. The van der Waals surface area contributed by atoms with Crippen molar-refractivity contribution in [2.24, 2.45) is 21.7 Å². The van der Waals surface area contributed by atoms with Gasteiger partial charge in [0.15, 0.2) is 0 Å². The lowest BCUT2D eigenvalue weighted by Crippen LogP contribution is -2.31. The van der Waals surface area contributed by atoms with E-state index in [-0.39, 0.29) is 21.7 Å². The Labute approximate surface area is 159 Å². The SMILES string of the molecule is CC(C)(C)C#C[Si](C#CC(C)(C)C)(C#CC(C)(C)C)C#CC(C)(C)C. The minimum atomic E-state index is -2.68. The molecular formula is C24H36Si. The summed E-state index contributed by atoms with van der Waals surface area (Å²) in [7, 11) is -2.68. The Balaban J connectivity index is 6.66. The van der Waals surface area contributed by atoms with Gasteiger partial charge in [-0.05, 0) is 83.1 Å². The monoisotopic (exact) mass is 352 g/mol. The second-order valence-corrected chi connectivity index (χ2v) is 13.2. The molecule has 0 aliphatic rings. The van der Waals surface area contributed by atoms with Gasteiger partial charge in [-0.2, -0.15) is 0 Å². The van der Waals surface area contributed by atoms with Gasteiger partial charge in [0.05, 0.1) is 0 Å². The van der Waals surface area contributed by atoms with Crippen LogP contribution in [0.2, 0.25) is 0 Å². The van der Waals surface area contributed by atoms with Gasteiger partial charge in [0.1, 0.15) is 0 Å². The van der Waals surface area contributed by atoms with Crippen molar-refractivity contribution < 1.29 is 0 Å². The van der Waals surface area contributed by atoms with Crippen molar-refractivity contribution in [3.8, 4) is 45.9 Å². The van der Waals surface area contributed by atoms with Crippen molar-refractivity contribution in [3.05, 3.63) is 0 Å². The van der Waals surface area contributed by atoms with Crippen LogP contribution in [0.25, 0.3) is 0 Å². The fourth-order valence-electron chi connectivity index (χ4n) is 1.31. The van der Waals surface area contributed by atoms with Crippen LogP contribution in [-0.2, 0) is 0 Å². The van der Waals surface area contributed by atoms with Crippen molar-refractivity contribution in [3.63, 3.8) is 0 Å².